The van der Waals surface area contributed by atoms with E-state index < -0.39 is 0 Å². The van der Waals surface area contributed by atoms with Crippen LogP contribution in [0.2, 0.25) is 0 Å². The Balaban J connectivity index is 2.53. The van der Waals surface area contributed by atoms with Crippen molar-refractivity contribution in [1.29, 1.82) is 0 Å². The van der Waals surface area contributed by atoms with E-state index in [0.29, 0.717) is 18.1 Å². The normalized spacial score (nSPS) is 19.1. The molecule has 0 unspecified atom stereocenters. The van der Waals surface area contributed by atoms with Gasteiger partial charge in [-0.1, -0.05) is 19.3 Å². The minimum absolute atomic E-state index is 0.207. The second-order valence-electron chi connectivity index (χ2n) is 3.94. The van der Waals surface area contributed by atoms with Crippen LogP contribution in [0.4, 0.5) is 0 Å². The molecule has 0 aromatic heterocycles. The Kier molecular flexibility index (Phi) is 5.17. The van der Waals surface area contributed by atoms with Crippen molar-refractivity contribution in [3.8, 4) is 0 Å². The fourth-order valence-corrected chi connectivity index (χ4v) is 2.09. The maximum atomic E-state index is 11.3. The molecule has 0 radical (unpaired) electrons. The summed E-state index contributed by atoms with van der Waals surface area (Å²) in [6.45, 7) is 1.11. The van der Waals surface area contributed by atoms with Crippen LogP contribution in [0, 0.1) is 5.21 Å². The van der Waals surface area contributed by atoms with Gasteiger partial charge in [0.2, 0.25) is 5.28 Å². The molecule has 0 aromatic carbocycles. The van der Waals surface area contributed by atoms with Crippen LogP contribution in [-0.2, 0) is 0 Å². The molecule has 0 bridgehead atoms. The average Bonchev–Trinajstić information content (AvgIpc) is 2.30. The number of hydrazine groups is 1. The third-order valence-corrected chi connectivity index (χ3v) is 2.88. The first-order valence-electron chi connectivity index (χ1n) is 5.58. The highest BCUT2D eigenvalue weighted by molar-refractivity contribution is 4.71. The van der Waals surface area contributed by atoms with Gasteiger partial charge < -0.3 is 16.1 Å². The van der Waals surface area contributed by atoms with E-state index in [1.807, 2.05) is 0 Å². The molecular formula is C9H20N4O2. The number of nitrogens with two attached hydrogens (primary N) is 1. The third-order valence-electron chi connectivity index (χ3n) is 2.88. The van der Waals surface area contributed by atoms with Gasteiger partial charge >= 0.3 is 0 Å². The molecule has 6 heteroatoms. The van der Waals surface area contributed by atoms with Crippen LogP contribution in [0.1, 0.15) is 38.5 Å². The molecule has 1 aliphatic rings. The molecule has 88 valence electrons. The predicted octanol–water partition coefficient (Wildman–Crippen LogP) is 1.24. The molecular weight excluding hydrogens is 196 g/mol. The largest absolute Gasteiger partial charge is 0.569 e. The Morgan fingerprint density at radius 1 is 1.40 bits per heavy atom. The minimum Gasteiger partial charge on any atom is -0.569 e. The fourth-order valence-electron chi connectivity index (χ4n) is 2.09. The highest BCUT2D eigenvalue weighted by atomic mass is 16.6. The van der Waals surface area contributed by atoms with Gasteiger partial charge in [-0.05, 0) is 25.8 Å². The molecule has 15 heavy (non-hydrogen) atoms. The van der Waals surface area contributed by atoms with Crippen molar-refractivity contribution >= 4 is 0 Å². The number of nitrogens with zero attached hydrogens (tertiary/aromatic N) is 3. The van der Waals surface area contributed by atoms with Crippen molar-refractivity contribution in [1.82, 2.24) is 5.01 Å². The number of rotatable bonds is 5. The van der Waals surface area contributed by atoms with E-state index in [-0.39, 0.29) is 6.04 Å². The summed E-state index contributed by atoms with van der Waals surface area (Å²) in [5, 5.41) is 24.1. The summed E-state index contributed by atoms with van der Waals surface area (Å²) in [6, 6.07) is 0.207. The van der Waals surface area contributed by atoms with Gasteiger partial charge in [0.1, 0.15) is 0 Å². The van der Waals surface area contributed by atoms with E-state index in [2.05, 4.69) is 5.28 Å². The zero-order chi connectivity index (χ0) is 11.1. The lowest BCUT2D eigenvalue weighted by Crippen LogP contribution is -2.42. The molecule has 6 nitrogen and oxygen atoms in total. The van der Waals surface area contributed by atoms with Gasteiger partial charge in [0.25, 0.3) is 0 Å². The lowest BCUT2D eigenvalue weighted by atomic mass is 9.95. The molecule has 0 aromatic rings. The SMILES string of the molecule is NCCCN(C1CCCCC1)[N+]([O-])=NO. The fraction of sp³-hybridized carbons (Fsp3) is 1.00. The first-order chi connectivity index (χ1) is 7.29. The molecule has 0 amide bonds. The maximum Gasteiger partial charge on any atom is 0.230 e. The zero-order valence-corrected chi connectivity index (χ0v) is 9.01. The van der Waals surface area contributed by atoms with Gasteiger partial charge in [0.15, 0.2) is 0 Å². The van der Waals surface area contributed by atoms with Crippen molar-refractivity contribution in [2.45, 2.75) is 44.6 Å². The van der Waals surface area contributed by atoms with Crippen molar-refractivity contribution in [3.05, 3.63) is 5.21 Å². The molecule has 1 fully saturated rings. The van der Waals surface area contributed by atoms with E-state index in [9.17, 15) is 5.21 Å². The molecule has 1 saturated carbocycles. The Bertz CT molecular complexity index is 204. The van der Waals surface area contributed by atoms with E-state index in [4.69, 9.17) is 10.9 Å². The topological polar surface area (TPSA) is 87.9 Å². The van der Waals surface area contributed by atoms with Gasteiger partial charge in [-0.3, -0.25) is 0 Å². The number of hydrogen-bond acceptors (Lipinski definition) is 3. The molecule has 0 spiro atoms. The van der Waals surface area contributed by atoms with Crippen LogP contribution < -0.4 is 5.73 Å². The van der Waals surface area contributed by atoms with Gasteiger partial charge in [-0.15, -0.1) is 5.01 Å². The molecule has 1 aliphatic carbocycles. The summed E-state index contributed by atoms with van der Waals surface area (Å²) in [7, 11) is 0. The maximum absolute atomic E-state index is 11.3. The molecule has 0 aliphatic heterocycles. The second kappa shape index (κ2) is 6.44. The van der Waals surface area contributed by atoms with Crippen LogP contribution >= 0.6 is 0 Å². The van der Waals surface area contributed by atoms with E-state index in [0.717, 1.165) is 32.1 Å². The zero-order valence-electron chi connectivity index (χ0n) is 9.01. The minimum atomic E-state index is 0.207. The van der Waals surface area contributed by atoms with Crippen LogP contribution in [0.15, 0.2) is 5.28 Å². The Morgan fingerprint density at radius 3 is 2.60 bits per heavy atom. The predicted molar refractivity (Wildman–Crippen MR) is 55.1 cm³/mol. The van der Waals surface area contributed by atoms with E-state index in [1.54, 1.807) is 5.01 Å². The lowest BCUT2D eigenvalue weighted by Gasteiger charge is -2.29. The summed E-state index contributed by atoms with van der Waals surface area (Å²) in [6.07, 6.45) is 6.25. The summed E-state index contributed by atoms with van der Waals surface area (Å²) in [4.78, 5) is 0.297. The summed E-state index contributed by atoms with van der Waals surface area (Å²) in [5.74, 6) is 0. The standard InChI is InChI=1S/C9H20N4O2/c10-7-4-8-12(13(15)11-14)9-5-2-1-3-6-9/h9,14H,1-8,10H2. The van der Waals surface area contributed by atoms with Crippen molar-refractivity contribution in [2.24, 2.45) is 11.0 Å². The Hall–Kier alpha value is -1.04. The monoisotopic (exact) mass is 216 g/mol. The van der Waals surface area contributed by atoms with Crippen LogP contribution in [-0.4, -0.2) is 34.3 Å². The molecule has 0 saturated heterocycles. The molecule has 0 atom stereocenters. The first kappa shape index (κ1) is 12.0. The number of hydrogen-bond donors (Lipinski definition) is 2. The summed E-state index contributed by atoms with van der Waals surface area (Å²) >= 11 is 0. The molecule has 1 rings (SSSR count). The Labute approximate surface area is 89.9 Å². The quantitative estimate of drug-likeness (QED) is 0.411. The third kappa shape index (κ3) is 3.54. The van der Waals surface area contributed by atoms with E-state index in [1.165, 1.54) is 6.42 Å². The van der Waals surface area contributed by atoms with Crippen molar-refractivity contribution < 1.29 is 10.2 Å². The van der Waals surface area contributed by atoms with Crippen molar-refractivity contribution in [3.63, 3.8) is 0 Å². The highest BCUT2D eigenvalue weighted by Crippen LogP contribution is 2.22. The van der Waals surface area contributed by atoms with Crippen LogP contribution in [0.5, 0.6) is 0 Å². The van der Waals surface area contributed by atoms with E-state index >= 15 is 0 Å². The summed E-state index contributed by atoms with van der Waals surface area (Å²) < 4.78 is 0. The van der Waals surface area contributed by atoms with Crippen molar-refractivity contribution in [2.75, 3.05) is 13.1 Å². The lowest BCUT2D eigenvalue weighted by molar-refractivity contribution is -0.718. The summed E-state index contributed by atoms with van der Waals surface area (Å²) in [5.41, 5.74) is 5.41. The smallest absolute Gasteiger partial charge is 0.230 e. The second-order valence-corrected chi connectivity index (χ2v) is 3.94. The Morgan fingerprint density at radius 2 is 2.07 bits per heavy atom. The molecule has 0 heterocycles. The highest BCUT2D eigenvalue weighted by Gasteiger charge is 2.26. The van der Waals surface area contributed by atoms with Gasteiger partial charge in [0.05, 0.1) is 17.6 Å². The van der Waals surface area contributed by atoms with Gasteiger partial charge in [-0.2, -0.15) is 0 Å². The first-order valence-corrected chi connectivity index (χ1v) is 5.58. The van der Waals surface area contributed by atoms with Gasteiger partial charge in [0, 0.05) is 0 Å². The molecule has 3 N–H and O–H groups in total. The average molecular weight is 216 g/mol. The van der Waals surface area contributed by atoms with Gasteiger partial charge in [-0.25, -0.2) is 0 Å². The van der Waals surface area contributed by atoms with Crippen LogP contribution in [0.25, 0.3) is 0 Å². The van der Waals surface area contributed by atoms with Crippen LogP contribution in [0.3, 0.4) is 0 Å².